The lowest BCUT2D eigenvalue weighted by Gasteiger charge is -2.31. The average molecular weight is 445 g/mol. The molecule has 4 rings (SSSR count). The van der Waals surface area contributed by atoms with Crippen LogP contribution in [0.5, 0.6) is 0 Å². The number of carbonyl (C=O) groups excluding carboxylic acids is 5. The molecule has 2 heterocycles. The molecule has 4 fully saturated rings. The molecule has 3 N–H and O–H groups in total. The van der Waals surface area contributed by atoms with Gasteiger partial charge in [0.2, 0.25) is 23.6 Å². The van der Waals surface area contributed by atoms with Crippen molar-refractivity contribution in [3.8, 4) is 0 Å². The molecule has 2 aliphatic heterocycles. The smallest absolute Gasteiger partial charge is 0.243 e. The monoisotopic (exact) mass is 444 g/mol. The normalized spacial score (nSPS) is 30.7. The second-order valence-electron chi connectivity index (χ2n) is 10.1. The number of likely N-dealkylation sites (tertiary alicyclic amines) is 1. The van der Waals surface area contributed by atoms with Crippen molar-refractivity contribution in [1.29, 1.82) is 0 Å². The maximum atomic E-state index is 13.3. The number of fused-ring (bicyclic) bond motifs is 1. The van der Waals surface area contributed by atoms with E-state index < -0.39 is 12.1 Å². The SMILES string of the molecule is C=CC(=O)[C@H](C[C@@H]1CCNC1=O)NC(=O)[C@@H]1[C@@H]2[C@H](CN1C(=O)CNC(=O)C1CC1)C2(C)C. The maximum Gasteiger partial charge on any atom is 0.243 e. The van der Waals surface area contributed by atoms with Gasteiger partial charge in [0.05, 0.1) is 12.6 Å². The number of carbonyl (C=O) groups is 5. The summed E-state index contributed by atoms with van der Waals surface area (Å²) in [4.78, 5) is 64.1. The van der Waals surface area contributed by atoms with Crippen LogP contribution >= 0.6 is 0 Å². The molecule has 32 heavy (non-hydrogen) atoms. The van der Waals surface area contributed by atoms with Crippen molar-refractivity contribution in [3.05, 3.63) is 12.7 Å². The van der Waals surface area contributed by atoms with E-state index in [4.69, 9.17) is 0 Å². The molecule has 0 unspecified atom stereocenters. The van der Waals surface area contributed by atoms with Gasteiger partial charge in [0.25, 0.3) is 0 Å². The Hall–Kier alpha value is -2.71. The van der Waals surface area contributed by atoms with E-state index in [1.54, 1.807) is 4.90 Å². The molecule has 5 atom stereocenters. The van der Waals surface area contributed by atoms with Gasteiger partial charge in [-0.1, -0.05) is 20.4 Å². The number of amides is 4. The van der Waals surface area contributed by atoms with Crippen LogP contribution in [0.1, 0.15) is 39.5 Å². The molecule has 2 saturated carbocycles. The lowest BCUT2D eigenvalue weighted by atomic mass is 9.94. The van der Waals surface area contributed by atoms with Gasteiger partial charge in [-0.2, -0.15) is 0 Å². The quantitative estimate of drug-likeness (QED) is 0.424. The largest absolute Gasteiger partial charge is 0.356 e. The Morgan fingerprint density at radius 1 is 1.22 bits per heavy atom. The molecule has 9 nitrogen and oxygen atoms in total. The van der Waals surface area contributed by atoms with Crippen LogP contribution in [0.3, 0.4) is 0 Å². The first kappa shape index (κ1) is 22.5. The third-order valence-electron chi connectivity index (χ3n) is 7.70. The number of ketones is 1. The lowest BCUT2D eigenvalue weighted by molar-refractivity contribution is -0.141. The molecule has 9 heteroatoms. The predicted molar refractivity (Wildman–Crippen MR) is 115 cm³/mol. The van der Waals surface area contributed by atoms with Crippen molar-refractivity contribution in [1.82, 2.24) is 20.9 Å². The number of rotatable bonds is 9. The molecule has 174 valence electrons. The number of piperidine rings is 1. The van der Waals surface area contributed by atoms with Crippen LogP contribution in [-0.2, 0) is 24.0 Å². The fourth-order valence-corrected chi connectivity index (χ4v) is 5.40. The molecule has 0 bridgehead atoms. The second-order valence-corrected chi connectivity index (χ2v) is 10.1. The maximum absolute atomic E-state index is 13.3. The molecule has 0 radical (unpaired) electrons. The van der Waals surface area contributed by atoms with Crippen molar-refractivity contribution in [2.24, 2.45) is 29.1 Å². The summed E-state index contributed by atoms with van der Waals surface area (Å²) in [5.74, 6) is -1.39. The summed E-state index contributed by atoms with van der Waals surface area (Å²) in [6.07, 6.45) is 3.68. The molecular formula is C23H32N4O5. The third kappa shape index (κ3) is 4.17. The fraction of sp³-hybridized carbons (Fsp3) is 0.696. The second kappa shape index (κ2) is 8.33. The Morgan fingerprint density at radius 3 is 2.53 bits per heavy atom. The summed E-state index contributed by atoms with van der Waals surface area (Å²) < 4.78 is 0. The summed E-state index contributed by atoms with van der Waals surface area (Å²) in [6, 6.07) is -1.56. The first-order chi connectivity index (χ1) is 15.1. The molecule has 2 aliphatic carbocycles. The van der Waals surface area contributed by atoms with Crippen LogP contribution in [0.4, 0.5) is 0 Å². The van der Waals surface area contributed by atoms with E-state index in [9.17, 15) is 24.0 Å². The summed E-state index contributed by atoms with van der Waals surface area (Å²) in [5, 5.41) is 8.23. The van der Waals surface area contributed by atoms with Crippen LogP contribution in [0, 0.1) is 29.1 Å². The summed E-state index contributed by atoms with van der Waals surface area (Å²) in [6.45, 7) is 8.57. The Balaban J connectivity index is 1.44. The van der Waals surface area contributed by atoms with Gasteiger partial charge < -0.3 is 20.9 Å². The zero-order valence-electron chi connectivity index (χ0n) is 18.7. The van der Waals surface area contributed by atoms with E-state index in [-0.39, 0.29) is 71.5 Å². The van der Waals surface area contributed by atoms with Gasteiger partial charge in [-0.25, -0.2) is 0 Å². The van der Waals surface area contributed by atoms with Gasteiger partial charge in [-0.15, -0.1) is 0 Å². The van der Waals surface area contributed by atoms with E-state index >= 15 is 0 Å². The molecule has 0 aromatic carbocycles. The minimum Gasteiger partial charge on any atom is -0.356 e. The van der Waals surface area contributed by atoms with Crippen molar-refractivity contribution < 1.29 is 24.0 Å². The van der Waals surface area contributed by atoms with Crippen molar-refractivity contribution in [2.45, 2.75) is 51.6 Å². The van der Waals surface area contributed by atoms with Crippen LogP contribution < -0.4 is 16.0 Å². The lowest BCUT2D eigenvalue weighted by Crippen LogP contribution is -2.55. The highest BCUT2D eigenvalue weighted by atomic mass is 16.2. The van der Waals surface area contributed by atoms with Gasteiger partial charge in [-0.05, 0) is 49.0 Å². The number of nitrogens with zero attached hydrogens (tertiary/aromatic N) is 1. The Morgan fingerprint density at radius 2 is 1.94 bits per heavy atom. The number of hydrogen-bond donors (Lipinski definition) is 3. The zero-order valence-corrected chi connectivity index (χ0v) is 18.7. The Kier molecular flexibility index (Phi) is 5.85. The number of nitrogens with one attached hydrogen (secondary N) is 3. The van der Waals surface area contributed by atoms with Crippen molar-refractivity contribution in [3.63, 3.8) is 0 Å². The molecule has 2 saturated heterocycles. The third-order valence-corrected chi connectivity index (χ3v) is 7.70. The van der Waals surface area contributed by atoms with Crippen LogP contribution in [-0.4, -0.2) is 66.0 Å². The van der Waals surface area contributed by atoms with E-state index in [0.29, 0.717) is 19.5 Å². The first-order valence-corrected chi connectivity index (χ1v) is 11.5. The Labute approximate surface area is 187 Å². The van der Waals surface area contributed by atoms with Crippen LogP contribution in [0.2, 0.25) is 0 Å². The van der Waals surface area contributed by atoms with E-state index in [1.807, 2.05) is 0 Å². The summed E-state index contributed by atoms with van der Waals surface area (Å²) >= 11 is 0. The van der Waals surface area contributed by atoms with E-state index in [0.717, 1.165) is 18.9 Å². The molecular weight excluding hydrogens is 412 g/mol. The summed E-state index contributed by atoms with van der Waals surface area (Å²) in [5.41, 5.74) is -0.0701. The average Bonchev–Trinajstić information content (AvgIpc) is 3.57. The van der Waals surface area contributed by atoms with Crippen molar-refractivity contribution >= 4 is 29.4 Å². The molecule has 0 aromatic rings. The molecule has 4 aliphatic rings. The Bertz CT molecular complexity index is 864. The van der Waals surface area contributed by atoms with E-state index in [1.165, 1.54) is 0 Å². The zero-order chi connectivity index (χ0) is 23.2. The van der Waals surface area contributed by atoms with Gasteiger partial charge >= 0.3 is 0 Å². The molecule has 4 amide bonds. The van der Waals surface area contributed by atoms with E-state index in [2.05, 4.69) is 36.4 Å². The highest BCUT2D eigenvalue weighted by Crippen LogP contribution is 2.64. The predicted octanol–water partition coefficient (Wildman–Crippen LogP) is -0.238. The van der Waals surface area contributed by atoms with Gasteiger partial charge in [-0.3, -0.25) is 24.0 Å². The first-order valence-electron chi connectivity index (χ1n) is 11.5. The topological polar surface area (TPSA) is 125 Å². The van der Waals surface area contributed by atoms with Crippen LogP contribution in [0.15, 0.2) is 12.7 Å². The van der Waals surface area contributed by atoms with Gasteiger partial charge in [0.1, 0.15) is 6.04 Å². The van der Waals surface area contributed by atoms with Gasteiger partial charge in [0, 0.05) is 24.9 Å². The minimum atomic E-state index is -0.860. The highest BCUT2D eigenvalue weighted by Gasteiger charge is 2.69. The molecule has 0 spiro atoms. The minimum absolute atomic E-state index is 0.000143. The summed E-state index contributed by atoms with van der Waals surface area (Å²) in [7, 11) is 0. The standard InChI is InChI=1S/C23H32N4O5/c1-4-16(28)15(9-13-7-8-24-21(13)31)26-22(32)19-18-14(23(18,2)3)11-27(19)17(29)10-25-20(30)12-5-6-12/h4,12-15,18-19H,1,5-11H2,2-3H3,(H,24,31)(H,25,30)(H,26,32)/t13-,14-,15-,18-,19-/m0/s1. The van der Waals surface area contributed by atoms with Gasteiger partial charge in [0.15, 0.2) is 5.78 Å². The molecule has 0 aromatic heterocycles. The van der Waals surface area contributed by atoms with Crippen LogP contribution in [0.25, 0.3) is 0 Å². The highest BCUT2D eigenvalue weighted by molar-refractivity contribution is 5.99. The number of hydrogen-bond acceptors (Lipinski definition) is 5. The fourth-order valence-electron chi connectivity index (χ4n) is 5.40. The van der Waals surface area contributed by atoms with Crippen molar-refractivity contribution in [2.75, 3.05) is 19.6 Å².